The summed E-state index contributed by atoms with van der Waals surface area (Å²) >= 11 is 0. The van der Waals surface area contributed by atoms with Gasteiger partial charge in [0.05, 0.1) is 12.0 Å². The van der Waals surface area contributed by atoms with E-state index in [2.05, 4.69) is 10.6 Å². The van der Waals surface area contributed by atoms with Crippen LogP contribution in [0.4, 0.5) is 0 Å². The first-order valence-electron chi connectivity index (χ1n) is 6.25. The van der Waals surface area contributed by atoms with E-state index in [9.17, 15) is 4.79 Å². The number of rotatable bonds is 5. The lowest BCUT2D eigenvalue weighted by Gasteiger charge is -2.35. The smallest absolute Gasteiger partial charge is 0.228 e. The summed E-state index contributed by atoms with van der Waals surface area (Å²) in [7, 11) is 1.68. The van der Waals surface area contributed by atoms with Crippen molar-refractivity contribution in [1.29, 1.82) is 0 Å². The van der Waals surface area contributed by atoms with Gasteiger partial charge in [0, 0.05) is 13.7 Å². The van der Waals surface area contributed by atoms with Crippen LogP contribution < -0.4 is 10.6 Å². The number of methoxy groups -OCH3 is 1. The number of hydrogen-bond acceptors (Lipinski definition) is 3. The lowest BCUT2D eigenvalue weighted by atomic mass is 9.78. The van der Waals surface area contributed by atoms with E-state index in [1.807, 2.05) is 0 Å². The van der Waals surface area contributed by atoms with Crippen LogP contribution in [0.5, 0.6) is 0 Å². The average Bonchev–Trinajstić information content (AvgIpc) is 3.11. The van der Waals surface area contributed by atoms with Crippen LogP contribution in [0.25, 0.3) is 0 Å². The lowest BCUT2D eigenvalue weighted by Crippen LogP contribution is -2.50. The molecule has 1 aliphatic carbocycles. The molecular weight excluding hydrogens is 204 g/mol. The number of hydrogen-bond donors (Lipinski definition) is 2. The number of ether oxygens (including phenoxy) is 1. The van der Waals surface area contributed by atoms with Crippen LogP contribution in [-0.2, 0) is 9.53 Å². The lowest BCUT2D eigenvalue weighted by molar-refractivity contribution is -0.136. The van der Waals surface area contributed by atoms with Crippen molar-refractivity contribution < 1.29 is 9.53 Å². The summed E-state index contributed by atoms with van der Waals surface area (Å²) in [4.78, 5) is 12.2. The Balaban J connectivity index is 1.89. The third-order valence-corrected chi connectivity index (χ3v) is 3.71. The topological polar surface area (TPSA) is 50.4 Å². The van der Waals surface area contributed by atoms with Gasteiger partial charge in [-0.15, -0.1) is 0 Å². The number of amides is 1. The van der Waals surface area contributed by atoms with E-state index < -0.39 is 0 Å². The van der Waals surface area contributed by atoms with Crippen molar-refractivity contribution in [3.05, 3.63) is 0 Å². The molecule has 1 saturated carbocycles. The van der Waals surface area contributed by atoms with Crippen LogP contribution >= 0.6 is 0 Å². The Kier molecular flexibility index (Phi) is 3.82. The maximum Gasteiger partial charge on any atom is 0.228 e. The molecular formula is C12H22N2O2. The van der Waals surface area contributed by atoms with Gasteiger partial charge in [0.2, 0.25) is 5.91 Å². The van der Waals surface area contributed by atoms with Gasteiger partial charge in [0.25, 0.3) is 0 Å². The van der Waals surface area contributed by atoms with Crippen molar-refractivity contribution >= 4 is 5.91 Å². The standard InChI is InChI=1S/C12H22N2O2/c1-16-9-12(4-6-13-7-5-12)11(15)14-8-10-2-3-10/h10,13H,2-9H2,1H3,(H,14,15). The Labute approximate surface area is 97.1 Å². The van der Waals surface area contributed by atoms with E-state index in [4.69, 9.17) is 4.74 Å². The van der Waals surface area contributed by atoms with Gasteiger partial charge in [-0.05, 0) is 44.7 Å². The van der Waals surface area contributed by atoms with E-state index >= 15 is 0 Å². The number of carbonyl (C=O) groups is 1. The predicted molar refractivity (Wildman–Crippen MR) is 62.1 cm³/mol. The Bertz CT molecular complexity index is 240. The molecule has 1 heterocycles. The molecule has 92 valence electrons. The highest BCUT2D eigenvalue weighted by molar-refractivity contribution is 5.83. The summed E-state index contributed by atoms with van der Waals surface area (Å²) in [5.74, 6) is 0.938. The fourth-order valence-electron chi connectivity index (χ4n) is 2.37. The van der Waals surface area contributed by atoms with Crippen LogP contribution in [-0.4, -0.2) is 39.3 Å². The molecule has 2 N–H and O–H groups in total. The summed E-state index contributed by atoms with van der Waals surface area (Å²) in [5, 5.41) is 6.39. The van der Waals surface area contributed by atoms with Crippen molar-refractivity contribution in [3.8, 4) is 0 Å². The summed E-state index contributed by atoms with van der Waals surface area (Å²) in [6.45, 7) is 3.24. The molecule has 0 radical (unpaired) electrons. The fraction of sp³-hybridized carbons (Fsp3) is 0.917. The molecule has 0 spiro atoms. The summed E-state index contributed by atoms with van der Waals surface area (Å²) in [6, 6.07) is 0. The minimum absolute atomic E-state index is 0.197. The van der Waals surface area contributed by atoms with Crippen molar-refractivity contribution in [2.75, 3.05) is 33.4 Å². The van der Waals surface area contributed by atoms with Crippen LogP contribution in [0.2, 0.25) is 0 Å². The Hall–Kier alpha value is -0.610. The van der Waals surface area contributed by atoms with Crippen molar-refractivity contribution in [3.63, 3.8) is 0 Å². The molecule has 16 heavy (non-hydrogen) atoms. The van der Waals surface area contributed by atoms with E-state index in [1.165, 1.54) is 12.8 Å². The minimum atomic E-state index is -0.283. The van der Waals surface area contributed by atoms with Gasteiger partial charge in [0.15, 0.2) is 0 Å². The second-order valence-electron chi connectivity index (χ2n) is 5.12. The molecule has 4 nitrogen and oxygen atoms in total. The van der Waals surface area contributed by atoms with E-state index in [-0.39, 0.29) is 11.3 Å². The summed E-state index contributed by atoms with van der Waals surface area (Å²) in [6.07, 6.45) is 4.33. The second kappa shape index (κ2) is 5.15. The van der Waals surface area contributed by atoms with Crippen LogP contribution in [0.3, 0.4) is 0 Å². The molecule has 0 aromatic rings. The van der Waals surface area contributed by atoms with Crippen LogP contribution in [0.15, 0.2) is 0 Å². The third kappa shape index (κ3) is 2.74. The van der Waals surface area contributed by atoms with Crippen molar-refractivity contribution in [2.24, 2.45) is 11.3 Å². The molecule has 2 aliphatic rings. The SMILES string of the molecule is COCC1(C(=O)NCC2CC2)CCNCC1. The molecule has 2 fully saturated rings. The van der Waals surface area contributed by atoms with Gasteiger partial charge in [0.1, 0.15) is 0 Å². The zero-order valence-corrected chi connectivity index (χ0v) is 10.1. The Morgan fingerprint density at radius 2 is 2.12 bits per heavy atom. The first-order valence-corrected chi connectivity index (χ1v) is 6.25. The molecule has 0 aromatic heterocycles. The highest BCUT2D eigenvalue weighted by atomic mass is 16.5. The van der Waals surface area contributed by atoms with Gasteiger partial charge >= 0.3 is 0 Å². The van der Waals surface area contributed by atoms with Gasteiger partial charge in [-0.1, -0.05) is 0 Å². The first kappa shape index (κ1) is 11.9. The highest BCUT2D eigenvalue weighted by Gasteiger charge is 2.40. The van der Waals surface area contributed by atoms with E-state index in [0.29, 0.717) is 6.61 Å². The summed E-state index contributed by atoms with van der Waals surface area (Å²) in [5.41, 5.74) is -0.283. The molecule has 0 bridgehead atoms. The average molecular weight is 226 g/mol. The van der Waals surface area contributed by atoms with E-state index in [0.717, 1.165) is 38.4 Å². The van der Waals surface area contributed by atoms with Crippen molar-refractivity contribution in [2.45, 2.75) is 25.7 Å². The molecule has 0 atom stereocenters. The quantitative estimate of drug-likeness (QED) is 0.719. The normalized spacial score (nSPS) is 24.1. The molecule has 0 aromatic carbocycles. The van der Waals surface area contributed by atoms with Crippen LogP contribution in [0, 0.1) is 11.3 Å². The molecule has 2 rings (SSSR count). The first-order chi connectivity index (χ1) is 7.77. The van der Waals surface area contributed by atoms with Gasteiger partial charge in [-0.3, -0.25) is 4.79 Å². The number of carbonyl (C=O) groups excluding carboxylic acids is 1. The van der Waals surface area contributed by atoms with Gasteiger partial charge < -0.3 is 15.4 Å². The maximum atomic E-state index is 12.2. The summed E-state index contributed by atoms with van der Waals surface area (Å²) < 4.78 is 5.24. The molecule has 1 amide bonds. The minimum Gasteiger partial charge on any atom is -0.384 e. The van der Waals surface area contributed by atoms with Gasteiger partial charge in [-0.2, -0.15) is 0 Å². The fourth-order valence-corrected chi connectivity index (χ4v) is 2.37. The maximum absolute atomic E-state index is 12.2. The Morgan fingerprint density at radius 3 is 2.69 bits per heavy atom. The largest absolute Gasteiger partial charge is 0.384 e. The molecule has 1 saturated heterocycles. The number of piperidine rings is 1. The van der Waals surface area contributed by atoms with Crippen LogP contribution in [0.1, 0.15) is 25.7 Å². The van der Waals surface area contributed by atoms with Crippen molar-refractivity contribution in [1.82, 2.24) is 10.6 Å². The Morgan fingerprint density at radius 1 is 1.44 bits per heavy atom. The zero-order chi connectivity index (χ0) is 11.4. The second-order valence-corrected chi connectivity index (χ2v) is 5.12. The molecule has 4 heteroatoms. The third-order valence-electron chi connectivity index (χ3n) is 3.71. The number of nitrogens with one attached hydrogen (secondary N) is 2. The zero-order valence-electron chi connectivity index (χ0n) is 10.1. The van der Waals surface area contributed by atoms with E-state index in [1.54, 1.807) is 7.11 Å². The molecule has 1 aliphatic heterocycles. The highest BCUT2D eigenvalue weighted by Crippen LogP contribution is 2.31. The monoisotopic (exact) mass is 226 g/mol. The molecule has 0 unspecified atom stereocenters. The predicted octanol–water partition coefficient (Wildman–Crippen LogP) is 0.529. The van der Waals surface area contributed by atoms with Gasteiger partial charge in [-0.25, -0.2) is 0 Å².